The highest BCUT2D eigenvalue weighted by molar-refractivity contribution is 5.39. The fourth-order valence-corrected chi connectivity index (χ4v) is 1.46. The van der Waals surface area contributed by atoms with Gasteiger partial charge in [0.05, 0.1) is 11.8 Å². The Bertz CT molecular complexity index is 387. The van der Waals surface area contributed by atoms with Crippen LogP contribution in [0.1, 0.15) is 19.0 Å². The molecule has 2 aromatic rings. The number of nitrogens with zero attached hydrogens (tertiary/aromatic N) is 2. The van der Waals surface area contributed by atoms with Crippen LogP contribution in [0.15, 0.2) is 30.6 Å². The van der Waals surface area contributed by atoms with Crippen molar-refractivity contribution in [2.24, 2.45) is 0 Å². The summed E-state index contributed by atoms with van der Waals surface area (Å²) in [6.07, 6.45) is 5.34. The topological polar surface area (TPSA) is 37.5 Å². The number of hydrogen-bond donors (Lipinski definition) is 1. The first-order valence-electron chi connectivity index (χ1n) is 4.86. The molecule has 0 aliphatic carbocycles. The molecule has 0 saturated heterocycles. The summed E-state index contributed by atoms with van der Waals surface area (Å²) >= 11 is 0. The SMILES string of the molecule is C[C@H](O)CCc1cn2ccccc2n1. The van der Waals surface area contributed by atoms with E-state index in [0.717, 1.165) is 24.2 Å². The number of imidazole rings is 1. The molecule has 0 saturated carbocycles. The summed E-state index contributed by atoms with van der Waals surface area (Å²) in [4.78, 5) is 4.44. The van der Waals surface area contributed by atoms with Gasteiger partial charge >= 0.3 is 0 Å². The first-order valence-corrected chi connectivity index (χ1v) is 4.86. The van der Waals surface area contributed by atoms with Crippen molar-refractivity contribution in [1.29, 1.82) is 0 Å². The third kappa shape index (κ3) is 1.93. The lowest BCUT2D eigenvalue weighted by Crippen LogP contribution is -2.01. The molecule has 1 N–H and O–H groups in total. The summed E-state index contributed by atoms with van der Waals surface area (Å²) in [7, 11) is 0. The lowest BCUT2D eigenvalue weighted by Gasteiger charge is -1.99. The van der Waals surface area contributed by atoms with Crippen LogP contribution in [-0.4, -0.2) is 20.6 Å². The Kier molecular flexibility index (Phi) is 2.50. The summed E-state index contributed by atoms with van der Waals surface area (Å²) in [6, 6.07) is 5.93. The Morgan fingerprint density at radius 2 is 2.36 bits per heavy atom. The number of pyridine rings is 1. The first-order chi connectivity index (χ1) is 6.75. The summed E-state index contributed by atoms with van der Waals surface area (Å²) in [5.74, 6) is 0. The first kappa shape index (κ1) is 9.21. The van der Waals surface area contributed by atoms with Crippen LogP contribution in [0.5, 0.6) is 0 Å². The van der Waals surface area contributed by atoms with Crippen molar-refractivity contribution in [3.8, 4) is 0 Å². The molecule has 74 valence electrons. The Labute approximate surface area is 83.0 Å². The number of fused-ring (bicyclic) bond motifs is 1. The average Bonchev–Trinajstić information content (AvgIpc) is 2.57. The number of rotatable bonds is 3. The van der Waals surface area contributed by atoms with Crippen LogP contribution >= 0.6 is 0 Å². The van der Waals surface area contributed by atoms with E-state index in [1.807, 2.05) is 35.0 Å². The van der Waals surface area contributed by atoms with E-state index in [1.54, 1.807) is 6.92 Å². The minimum Gasteiger partial charge on any atom is -0.393 e. The lowest BCUT2D eigenvalue weighted by molar-refractivity contribution is 0.184. The third-order valence-corrected chi connectivity index (χ3v) is 2.23. The molecule has 0 aliphatic rings. The average molecular weight is 190 g/mol. The molecule has 0 aromatic carbocycles. The molecule has 0 spiro atoms. The van der Waals surface area contributed by atoms with E-state index in [1.165, 1.54) is 0 Å². The van der Waals surface area contributed by atoms with Gasteiger partial charge in [0.2, 0.25) is 0 Å². The maximum atomic E-state index is 9.15. The van der Waals surface area contributed by atoms with Crippen LogP contribution in [0, 0.1) is 0 Å². The molecule has 3 heteroatoms. The minimum absolute atomic E-state index is 0.250. The van der Waals surface area contributed by atoms with Gasteiger partial charge in [-0.25, -0.2) is 4.98 Å². The molecule has 0 amide bonds. The monoisotopic (exact) mass is 190 g/mol. The van der Waals surface area contributed by atoms with Gasteiger partial charge < -0.3 is 9.51 Å². The molecule has 0 aliphatic heterocycles. The van der Waals surface area contributed by atoms with Gasteiger partial charge in [0, 0.05) is 12.4 Å². The van der Waals surface area contributed by atoms with Gasteiger partial charge in [0.15, 0.2) is 0 Å². The zero-order valence-electron chi connectivity index (χ0n) is 8.22. The van der Waals surface area contributed by atoms with Crippen molar-refractivity contribution in [3.63, 3.8) is 0 Å². The van der Waals surface area contributed by atoms with Crippen molar-refractivity contribution in [1.82, 2.24) is 9.38 Å². The van der Waals surface area contributed by atoms with Gasteiger partial charge in [-0.2, -0.15) is 0 Å². The highest BCUT2D eigenvalue weighted by Crippen LogP contribution is 2.07. The molecule has 3 nitrogen and oxygen atoms in total. The van der Waals surface area contributed by atoms with Crippen LogP contribution in [0.25, 0.3) is 5.65 Å². The molecule has 0 radical (unpaired) electrons. The molecule has 2 rings (SSSR count). The Morgan fingerprint density at radius 3 is 3.07 bits per heavy atom. The number of aliphatic hydroxyl groups is 1. The highest BCUT2D eigenvalue weighted by atomic mass is 16.3. The Balaban J connectivity index is 2.19. The predicted molar refractivity (Wildman–Crippen MR) is 55.2 cm³/mol. The van der Waals surface area contributed by atoms with Gasteiger partial charge in [-0.15, -0.1) is 0 Å². The minimum atomic E-state index is -0.250. The summed E-state index contributed by atoms with van der Waals surface area (Å²) < 4.78 is 2.00. The predicted octanol–water partition coefficient (Wildman–Crippen LogP) is 1.65. The van der Waals surface area contributed by atoms with Crippen molar-refractivity contribution >= 4 is 5.65 Å². The van der Waals surface area contributed by atoms with Crippen LogP contribution < -0.4 is 0 Å². The second kappa shape index (κ2) is 3.80. The zero-order valence-corrected chi connectivity index (χ0v) is 8.22. The van der Waals surface area contributed by atoms with E-state index in [2.05, 4.69) is 4.98 Å². The summed E-state index contributed by atoms with van der Waals surface area (Å²) in [6.45, 7) is 1.80. The number of aryl methyl sites for hydroxylation is 1. The van der Waals surface area contributed by atoms with Crippen molar-refractivity contribution in [3.05, 3.63) is 36.3 Å². The van der Waals surface area contributed by atoms with E-state index in [-0.39, 0.29) is 6.10 Å². The van der Waals surface area contributed by atoms with E-state index >= 15 is 0 Å². The smallest absolute Gasteiger partial charge is 0.136 e. The summed E-state index contributed by atoms with van der Waals surface area (Å²) in [5, 5.41) is 9.15. The summed E-state index contributed by atoms with van der Waals surface area (Å²) in [5.41, 5.74) is 2.00. The molecule has 14 heavy (non-hydrogen) atoms. The van der Waals surface area contributed by atoms with E-state index in [9.17, 15) is 0 Å². The molecule has 2 aromatic heterocycles. The zero-order chi connectivity index (χ0) is 9.97. The van der Waals surface area contributed by atoms with Gasteiger partial charge in [0.1, 0.15) is 5.65 Å². The second-order valence-electron chi connectivity index (χ2n) is 3.59. The lowest BCUT2D eigenvalue weighted by atomic mass is 10.2. The van der Waals surface area contributed by atoms with E-state index in [4.69, 9.17) is 5.11 Å². The normalized spacial score (nSPS) is 13.3. The number of hydrogen-bond acceptors (Lipinski definition) is 2. The Morgan fingerprint density at radius 1 is 1.50 bits per heavy atom. The molecule has 0 fully saturated rings. The van der Waals surface area contributed by atoms with Crippen molar-refractivity contribution in [2.75, 3.05) is 0 Å². The fraction of sp³-hybridized carbons (Fsp3) is 0.364. The quantitative estimate of drug-likeness (QED) is 0.799. The van der Waals surface area contributed by atoms with Gasteiger partial charge in [0.25, 0.3) is 0 Å². The molecule has 1 atom stereocenters. The van der Waals surface area contributed by atoms with Gasteiger partial charge in [-0.05, 0) is 31.9 Å². The third-order valence-electron chi connectivity index (χ3n) is 2.23. The van der Waals surface area contributed by atoms with E-state index < -0.39 is 0 Å². The molecule has 0 unspecified atom stereocenters. The number of aliphatic hydroxyl groups excluding tert-OH is 1. The maximum Gasteiger partial charge on any atom is 0.136 e. The molecule has 2 heterocycles. The van der Waals surface area contributed by atoms with Crippen molar-refractivity contribution < 1.29 is 5.11 Å². The highest BCUT2D eigenvalue weighted by Gasteiger charge is 2.02. The Hall–Kier alpha value is -1.35. The molecular formula is C11H14N2O. The molecule has 0 bridgehead atoms. The molecular weight excluding hydrogens is 176 g/mol. The second-order valence-corrected chi connectivity index (χ2v) is 3.59. The van der Waals surface area contributed by atoms with Crippen LogP contribution in [0.3, 0.4) is 0 Å². The van der Waals surface area contributed by atoms with E-state index in [0.29, 0.717) is 0 Å². The fourth-order valence-electron chi connectivity index (χ4n) is 1.46. The van der Waals surface area contributed by atoms with Gasteiger partial charge in [-0.1, -0.05) is 6.07 Å². The maximum absolute atomic E-state index is 9.15. The standard InChI is InChI=1S/C11H14N2O/c1-9(14)5-6-10-8-13-7-3-2-4-11(13)12-10/h2-4,7-9,14H,5-6H2,1H3/t9-/m0/s1. The van der Waals surface area contributed by atoms with Gasteiger partial charge in [-0.3, -0.25) is 0 Å². The number of aromatic nitrogens is 2. The van der Waals surface area contributed by atoms with Crippen LogP contribution in [0.2, 0.25) is 0 Å². The van der Waals surface area contributed by atoms with Crippen molar-refractivity contribution in [2.45, 2.75) is 25.9 Å². The van der Waals surface area contributed by atoms with Crippen LogP contribution in [-0.2, 0) is 6.42 Å². The van der Waals surface area contributed by atoms with Crippen LogP contribution in [0.4, 0.5) is 0 Å². The largest absolute Gasteiger partial charge is 0.393 e.